The number of benzene rings is 1. The highest BCUT2D eigenvalue weighted by molar-refractivity contribution is 7.99. The third-order valence-electron chi connectivity index (χ3n) is 5.55. The Hall–Kier alpha value is -2.58. The van der Waals surface area contributed by atoms with Crippen LogP contribution < -0.4 is 15.0 Å². The van der Waals surface area contributed by atoms with E-state index in [1.807, 2.05) is 0 Å². The Morgan fingerprint density at radius 2 is 2.03 bits per heavy atom. The van der Waals surface area contributed by atoms with Crippen LogP contribution in [0.3, 0.4) is 0 Å². The molecule has 0 unspecified atom stereocenters. The molecule has 0 N–H and O–H groups in total. The largest absolute Gasteiger partial charge is 0.486 e. The Morgan fingerprint density at radius 1 is 1.23 bits per heavy atom. The summed E-state index contributed by atoms with van der Waals surface area (Å²) in [6, 6.07) is 5.23. The number of rotatable bonds is 6. The molecule has 0 bridgehead atoms. The number of aromatic nitrogens is 2. The monoisotopic (exact) mass is 454 g/mol. The molecule has 6 nitrogen and oxygen atoms in total. The van der Waals surface area contributed by atoms with Crippen molar-refractivity contribution >= 4 is 39.1 Å². The molecule has 0 saturated heterocycles. The zero-order chi connectivity index (χ0) is 21.4. The quantitative estimate of drug-likeness (QED) is 0.240. The standard InChI is InChI=1S/C23H22N2O4S2/c1-2-9-25-22(27)20-15-5-3-4-6-19(15)31-21(20)24-23(25)30-13-16(26)14-7-8-17-18(12-14)29-11-10-28-17/h2,7-8,12H,1,3-6,9-11,13H2. The Labute approximate surface area is 187 Å². The Bertz CT molecular complexity index is 1240. The van der Waals surface area contributed by atoms with Gasteiger partial charge in [-0.2, -0.15) is 0 Å². The van der Waals surface area contributed by atoms with E-state index >= 15 is 0 Å². The topological polar surface area (TPSA) is 70.4 Å². The summed E-state index contributed by atoms with van der Waals surface area (Å²) in [6.45, 7) is 5.14. The maximum atomic E-state index is 13.3. The van der Waals surface area contributed by atoms with Gasteiger partial charge < -0.3 is 9.47 Å². The van der Waals surface area contributed by atoms with E-state index in [1.165, 1.54) is 22.2 Å². The Morgan fingerprint density at radius 3 is 2.87 bits per heavy atom. The maximum absolute atomic E-state index is 13.3. The lowest BCUT2D eigenvalue weighted by Crippen LogP contribution is -2.23. The van der Waals surface area contributed by atoms with E-state index in [2.05, 4.69) is 6.58 Å². The number of hydrogen-bond acceptors (Lipinski definition) is 7. The minimum absolute atomic E-state index is 0.0291. The van der Waals surface area contributed by atoms with Crippen molar-refractivity contribution in [2.75, 3.05) is 19.0 Å². The summed E-state index contributed by atoms with van der Waals surface area (Å²) < 4.78 is 12.7. The fourth-order valence-corrected chi connectivity index (χ4v) is 6.26. The molecule has 0 atom stereocenters. The normalized spacial score (nSPS) is 15.0. The van der Waals surface area contributed by atoms with Crippen LogP contribution in [0.1, 0.15) is 33.6 Å². The van der Waals surface area contributed by atoms with Gasteiger partial charge in [-0.3, -0.25) is 14.2 Å². The van der Waals surface area contributed by atoms with Crippen molar-refractivity contribution in [1.29, 1.82) is 0 Å². The third-order valence-corrected chi connectivity index (χ3v) is 7.71. The maximum Gasteiger partial charge on any atom is 0.263 e. The summed E-state index contributed by atoms with van der Waals surface area (Å²) in [7, 11) is 0. The summed E-state index contributed by atoms with van der Waals surface area (Å²) >= 11 is 2.91. The number of carbonyl (C=O) groups excluding carboxylic acids is 1. The molecule has 0 fully saturated rings. The van der Waals surface area contributed by atoms with E-state index in [0.29, 0.717) is 42.0 Å². The minimum Gasteiger partial charge on any atom is -0.486 e. The predicted molar refractivity (Wildman–Crippen MR) is 123 cm³/mol. The van der Waals surface area contributed by atoms with E-state index in [0.717, 1.165) is 35.9 Å². The summed E-state index contributed by atoms with van der Waals surface area (Å²) in [5.74, 6) is 1.38. The number of ether oxygens (including phenoxy) is 2. The van der Waals surface area contributed by atoms with Crippen molar-refractivity contribution in [3.05, 3.63) is 57.2 Å². The van der Waals surface area contributed by atoms with Crippen LogP contribution >= 0.6 is 23.1 Å². The molecule has 1 aliphatic carbocycles. The van der Waals surface area contributed by atoms with Gasteiger partial charge in [0, 0.05) is 17.0 Å². The minimum atomic E-state index is -0.0491. The number of nitrogens with zero attached hydrogens (tertiary/aromatic N) is 2. The van der Waals surface area contributed by atoms with Crippen LogP contribution in [0, 0.1) is 0 Å². The molecule has 5 rings (SSSR count). The number of thiophene rings is 1. The number of hydrogen-bond donors (Lipinski definition) is 0. The zero-order valence-corrected chi connectivity index (χ0v) is 18.7. The van der Waals surface area contributed by atoms with Gasteiger partial charge in [-0.1, -0.05) is 17.8 Å². The molecule has 3 heterocycles. The molecule has 1 aliphatic heterocycles. The van der Waals surface area contributed by atoms with E-state index in [9.17, 15) is 9.59 Å². The average Bonchev–Trinajstić information content (AvgIpc) is 3.18. The molecule has 2 aliphatic rings. The van der Waals surface area contributed by atoms with Gasteiger partial charge in [-0.25, -0.2) is 4.98 Å². The van der Waals surface area contributed by atoms with Crippen LogP contribution in [0.15, 0.2) is 40.8 Å². The van der Waals surface area contributed by atoms with Gasteiger partial charge in [0.1, 0.15) is 18.0 Å². The lowest BCUT2D eigenvalue weighted by molar-refractivity contribution is 0.102. The van der Waals surface area contributed by atoms with Crippen molar-refractivity contribution < 1.29 is 14.3 Å². The molecule has 31 heavy (non-hydrogen) atoms. The van der Waals surface area contributed by atoms with Crippen molar-refractivity contribution in [2.45, 2.75) is 37.4 Å². The number of fused-ring (bicyclic) bond motifs is 4. The molecule has 8 heteroatoms. The van der Waals surface area contributed by atoms with Gasteiger partial charge in [-0.15, -0.1) is 17.9 Å². The van der Waals surface area contributed by atoms with Crippen molar-refractivity contribution in [3.63, 3.8) is 0 Å². The fourth-order valence-electron chi connectivity index (χ4n) is 4.05. The number of ketones is 1. The highest BCUT2D eigenvalue weighted by Crippen LogP contribution is 2.35. The molecule has 3 aromatic rings. The molecular formula is C23H22N2O4S2. The van der Waals surface area contributed by atoms with Gasteiger partial charge >= 0.3 is 0 Å². The number of thioether (sulfide) groups is 1. The van der Waals surface area contributed by atoms with E-state index in [4.69, 9.17) is 14.5 Å². The molecule has 2 aromatic heterocycles. The number of allylic oxidation sites excluding steroid dienone is 1. The highest BCUT2D eigenvalue weighted by Gasteiger charge is 2.23. The first-order chi connectivity index (χ1) is 15.2. The predicted octanol–water partition coefficient (Wildman–Crippen LogP) is 4.27. The summed E-state index contributed by atoms with van der Waals surface area (Å²) in [4.78, 5) is 33.0. The SMILES string of the molecule is C=CCn1c(SCC(=O)c2ccc3c(c2)OCCO3)nc2sc3c(c2c1=O)CCCC3. The Balaban J connectivity index is 1.44. The van der Waals surface area contributed by atoms with E-state index in [-0.39, 0.29) is 17.1 Å². The molecule has 160 valence electrons. The van der Waals surface area contributed by atoms with Crippen LogP contribution in [0.2, 0.25) is 0 Å². The van der Waals surface area contributed by atoms with Gasteiger partial charge in [0.05, 0.1) is 11.1 Å². The molecule has 0 amide bonds. The van der Waals surface area contributed by atoms with Crippen molar-refractivity contribution in [2.24, 2.45) is 0 Å². The molecular weight excluding hydrogens is 432 g/mol. The van der Waals surface area contributed by atoms with Crippen LogP contribution in [0.5, 0.6) is 11.5 Å². The number of aryl methyl sites for hydroxylation is 2. The zero-order valence-electron chi connectivity index (χ0n) is 17.0. The second-order valence-corrected chi connectivity index (χ2v) is 9.59. The van der Waals surface area contributed by atoms with Gasteiger partial charge in [-0.05, 0) is 49.4 Å². The van der Waals surface area contributed by atoms with Crippen molar-refractivity contribution in [1.82, 2.24) is 9.55 Å². The number of carbonyl (C=O) groups is 1. The van der Waals surface area contributed by atoms with Crippen LogP contribution in [0.25, 0.3) is 10.2 Å². The molecule has 1 aromatic carbocycles. The summed E-state index contributed by atoms with van der Waals surface area (Å²) in [5.41, 5.74) is 1.70. The van der Waals surface area contributed by atoms with Gasteiger partial charge in [0.15, 0.2) is 22.4 Å². The molecule has 0 saturated carbocycles. The second kappa shape index (κ2) is 8.51. The number of Topliss-reactive ketones (excluding diaryl/α,β-unsaturated/α-hetero) is 1. The van der Waals surface area contributed by atoms with Crippen molar-refractivity contribution in [3.8, 4) is 11.5 Å². The Kier molecular flexibility index (Phi) is 5.58. The van der Waals surface area contributed by atoms with E-state index < -0.39 is 0 Å². The van der Waals surface area contributed by atoms with Gasteiger partial charge in [0.2, 0.25) is 0 Å². The first-order valence-electron chi connectivity index (χ1n) is 10.4. The van der Waals surface area contributed by atoms with E-state index in [1.54, 1.807) is 40.2 Å². The third kappa shape index (κ3) is 3.78. The highest BCUT2D eigenvalue weighted by atomic mass is 32.2. The van der Waals surface area contributed by atoms with Crippen LogP contribution in [0.4, 0.5) is 0 Å². The summed E-state index contributed by atoms with van der Waals surface area (Å²) in [6.07, 6.45) is 5.92. The molecule has 0 spiro atoms. The van der Waals surface area contributed by atoms with Crippen LogP contribution in [-0.2, 0) is 19.4 Å². The average molecular weight is 455 g/mol. The lowest BCUT2D eigenvalue weighted by atomic mass is 9.97. The first kappa shape index (κ1) is 20.3. The fraction of sp³-hybridized carbons (Fsp3) is 0.348. The molecule has 0 radical (unpaired) electrons. The summed E-state index contributed by atoms with van der Waals surface area (Å²) in [5, 5.41) is 1.31. The van der Waals surface area contributed by atoms with Gasteiger partial charge in [0.25, 0.3) is 5.56 Å². The second-order valence-electron chi connectivity index (χ2n) is 7.56. The smallest absolute Gasteiger partial charge is 0.263 e. The van der Waals surface area contributed by atoms with Crippen LogP contribution in [-0.4, -0.2) is 34.3 Å². The first-order valence-corrected chi connectivity index (χ1v) is 12.2. The lowest BCUT2D eigenvalue weighted by Gasteiger charge is -2.18.